The summed E-state index contributed by atoms with van der Waals surface area (Å²) >= 11 is 7.62. The van der Waals surface area contributed by atoms with E-state index in [-0.39, 0.29) is 11.4 Å². The standard InChI is InChI=1S/C20H21ClN4O2S/c1-4-25-19(26)18(22-17-7-5-6-16(21)13(17)2)23-24-20(25)28-12-14-8-10-15(27-3)11-9-14/h5-11H,4,12H2,1-3H3,(H,22,23). The van der Waals surface area contributed by atoms with Crippen molar-refractivity contribution in [1.82, 2.24) is 14.8 Å². The molecule has 0 aliphatic rings. The number of methoxy groups -OCH3 is 1. The summed E-state index contributed by atoms with van der Waals surface area (Å²) in [6, 6.07) is 13.3. The van der Waals surface area contributed by atoms with Gasteiger partial charge in [0.25, 0.3) is 5.56 Å². The van der Waals surface area contributed by atoms with Crippen LogP contribution >= 0.6 is 23.4 Å². The molecule has 1 heterocycles. The van der Waals surface area contributed by atoms with Crippen molar-refractivity contribution in [2.75, 3.05) is 12.4 Å². The molecule has 146 valence electrons. The highest BCUT2D eigenvalue weighted by molar-refractivity contribution is 7.98. The van der Waals surface area contributed by atoms with Crippen LogP contribution in [0.25, 0.3) is 0 Å². The van der Waals surface area contributed by atoms with Crippen LogP contribution in [0.5, 0.6) is 5.75 Å². The summed E-state index contributed by atoms with van der Waals surface area (Å²) in [4.78, 5) is 12.9. The van der Waals surface area contributed by atoms with Gasteiger partial charge in [0.2, 0.25) is 5.82 Å². The van der Waals surface area contributed by atoms with E-state index in [0.29, 0.717) is 22.5 Å². The van der Waals surface area contributed by atoms with E-state index in [9.17, 15) is 4.79 Å². The molecule has 0 saturated heterocycles. The molecule has 3 aromatic rings. The van der Waals surface area contributed by atoms with E-state index in [1.165, 1.54) is 11.8 Å². The van der Waals surface area contributed by atoms with Gasteiger partial charge in [-0.2, -0.15) is 0 Å². The summed E-state index contributed by atoms with van der Waals surface area (Å²) in [5, 5.41) is 12.6. The summed E-state index contributed by atoms with van der Waals surface area (Å²) < 4.78 is 6.79. The van der Waals surface area contributed by atoms with Gasteiger partial charge in [-0.05, 0) is 49.2 Å². The molecule has 28 heavy (non-hydrogen) atoms. The van der Waals surface area contributed by atoms with Gasteiger partial charge in [-0.3, -0.25) is 9.36 Å². The van der Waals surface area contributed by atoms with E-state index in [1.807, 2.05) is 50.2 Å². The van der Waals surface area contributed by atoms with Crippen LogP contribution < -0.4 is 15.6 Å². The topological polar surface area (TPSA) is 69.0 Å². The molecule has 0 amide bonds. The molecule has 0 aliphatic heterocycles. The Balaban J connectivity index is 1.81. The third kappa shape index (κ3) is 4.48. The van der Waals surface area contributed by atoms with E-state index < -0.39 is 0 Å². The first-order chi connectivity index (χ1) is 13.5. The Morgan fingerprint density at radius 3 is 2.61 bits per heavy atom. The zero-order chi connectivity index (χ0) is 20.1. The average molecular weight is 417 g/mol. The lowest BCUT2D eigenvalue weighted by molar-refractivity contribution is 0.414. The summed E-state index contributed by atoms with van der Waals surface area (Å²) in [5.41, 5.74) is 2.49. The number of aromatic nitrogens is 3. The molecule has 3 rings (SSSR count). The van der Waals surface area contributed by atoms with Crippen molar-refractivity contribution < 1.29 is 4.74 Å². The fourth-order valence-corrected chi connectivity index (χ4v) is 3.74. The third-order valence-electron chi connectivity index (χ3n) is 4.28. The van der Waals surface area contributed by atoms with Crippen molar-refractivity contribution in [3.63, 3.8) is 0 Å². The number of ether oxygens (including phenoxy) is 1. The fraction of sp³-hybridized carbons (Fsp3) is 0.250. The van der Waals surface area contributed by atoms with Gasteiger partial charge in [-0.1, -0.05) is 41.6 Å². The first-order valence-corrected chi connectivity index (χ1v) is 10.1. The second kappa shape index (κ2) is 9.12. The molecule has 0 atom stereocenters. The third-order valence-corrected chi connectivity index (χ3v) is 5.73. The molecule has 0 bridgehead atoms. The molecule has 8 heteroatoms. The minimum atomic E-state index is -0.214. The van der Waals surface area contributed by atoms with E-state index >= 15 is 0 Å². The fourth-order valence-electron chi connectivity index (χ4n) is 2.61. The molecule has 0 spiro atoms. The lowest BCUT2D eigenvalue weighted by atomic mass is 10.2. The number of hydrogen-bond donors (Lipinski definition) is 1. The summed E-state index contributed by atoms with van der Waals surface area (Å²) in [5.74, 6) is 1.67. The second-order valence-corrected chi connectivity index (χ2v) is 7.40. The van der Waals surface area contributed by atoms with E-state index in [1.54, 1.807) is 17.7 Å². The largest absolute Gasteiger partial charge is 0.497 e. The highest BCUT2D eigenvalue weighted by Gasteiger charge is 2.13. The Labute approximate surface area is 172 Å². The Hall–Kier alpha value is -2.51. The maximum atomic E-state index is 12.9. The van der Waals surface area contributed by atoms with Crippen molar-refractivity contribution in [2.24, 2.45) is 0 Å². The van der Waals surface area contributed by atoms with E-state index in [4.69, 9.17) is 16.3 Å². The second-order valence-electron chi connectivity index (χ2n) is 6.05. The molecule has 1 aromatic heterocycles. The van der Waals surface area contributed by atoms with Crippen LogP contribution in [0.2, 0.25) is 5.02 Å². The maximum Gasteiger partial charge on any atom is 0.297 e. The van der Waals surface area contributed by atoms with Crippen molar-refractivity contribution in [1.29, 1.82) is 0 Å². The predicted molar refractivity (Wildman–Crippen MR) is 114 cm³/mol. The molecule has 0 unspecified atom stereocenters. The number of nitrogens with one attached hydrogen (secondary N) is 1. The van der Waals surface area contributed by atoms with Crippen LogP contribution in [0.1, 0.15) is 18.1 Å². The van der Waals surface area contributed by atoms with Gasteiger partial charge < -0.3 is 10.1 Å². The van der Waals surface area contributed by atoms with Crippen molar-refractivity contribution in [3.8, 4) is 5.75 Å². The van der Waals surface area contributed by atoms with Gasteiger partial charge >= 0.3 is 0 Å². The minimum absolute atomic E-state index is 0.181. The molecule has 0 aliphatic carbocycles. The SMILES string of the molecule is CCn1c(SCc2ccc(OC)cc2)nnc(Nc2cccc(Cl)c2C)c1=O. The number of halogens is 1. The zero-order valence-electron chi connectivity index (χ0n) is 15.9. The number of rotatable bonds is 7. The summed E-state index contributed by atoms with van der Waals surface area (Å²) in [6.07, 6.45) is 0. The highest BCUT2D eigenvalue weighted by atomic mass is 35.5. The molecular weight excluding hydrogens is 396 g/mol. The van der Waals surface area contributed by atoms with Gasteiger partial charge in [-0.25, -0.2) is 0 Å². The first kappa shape index (κ1) is 20.2. The van der Waals surface area contributed by atoms with Crippen LogP contribution in [0.4, 0.5) is 11.5 Å². The lowest BCUT2D eigenvalue weighted by Crippen LogP contribution is -2.26. The van der Waals surface area contributed by atoms with Gasteiger partial charge in [0.1, 0.15) is 5.75 Å². The molecule has 6 nitrogen and oxygen atoms in total. The zero-order valence-corrected chi connectivity index (χ0v) is 17.5. The van der Waals surface area contributed by atoms with Crippen LogP contribution in [-0.4, -0.2) is 21.9 Å². The molecule has 0 saturated carbocycles. The van der Waals surface area contributed by atoms with Gasteiger partial charge in [-0.15, -0.1) is 10.2 Å². The van der Waals surface area contributed by atoms with Crippen LogP contribution in [0.3, 0.4) is 0 Å². The first-order valence-electron chi connectivity index (χ1n) is 8.78. The predicted octanol–water partition coefficient (Wildman–Crippen LogP) is 4.66. The van der Waals surface area contributed by atoms with E-state index in [0.717, 1.165) is 22.6 Å². The molecule has 0 fully saturated rings. The maximum absolute atomic E-state index is 12.9. The van der Waals surface area contributed by atoms with Crippen LogP contribution in [0, 0.1) is 6.92 Å². The van der Waals surface area contributed by atoms with Crippen molar-refractivity contribution in [3.05, 3.63) is 69.0 Å². The molecule has 0 radical (unpaired) electrons. The lowest BCUT2D eigenvalue weighted by Gasteiger charge is -2.13. The molecule has 2 aromatic carbocycles. The summed E-state index contributed by atoms with van der Waals surface area (Å²) in [7, 11) is 1.64. The number of thioether (sulfide) groups is 1. The number of hydrogen-bond acceptors (Lipinski definition) is 6. The monoisotopic (exact) mass is 416 g/mol. The smallest absolute Gasteiger partial charge is 0.297 e. The number of anilines is 2. The highest BCUT2D eigenvalue weighted by Crippen LogP contribution is 2.25. The quantitative estimate of drug-likeness (QED) is 0.564. The average Bonchev–Trinajstić information content (AvgIpc) is 2.71. The van der Waals surface area contributed by atoms with Crippen molar-refractivity contribution >= 4 is 34.9 Å². The van der Waals surface area contributed by atoms with Crippen LogP contribution in [-0.2, 0) is 12.3 Å². The van der Waals surface area contributed by atoms with Gasteiger partial charge in [0.05, 0.1) is 7.11 Å². The van der Waals surface area contributed by atoms with Crippen molar-refractivity contribution in [2.45, 2.75) is 31.3 Å². The Kier molecular flexibility index (Phi) is 6.59. The van der Waals surface area contributed by atoms with E-state index in [2.05, 4.69) is 15.5 Å². The van der Waals surface area contributed by atoms with Gasteiger partial charge in [0.15, 0.2) is 5.16 Å². The van der Waals surface area contributed by atoms with Crippen LogP contribution in [0.15, 0.2) is 52.4 Å². The molecular formula is C20H21ClN4O2S. The Bertz CT molecular complexity index is 1020. The normalized spacial score (nSPS) is 10.7. The minimum Gasteiger partial charge on any atom is -0.497 e. The Morgan fingerprint density at radius 2 is 1.93 bits per heavy atom. The molecule has 1 N–H and O–H groups in total. The summed E-state index contributed by atoms with van der Waals surface area (Å²) in [6.45, 7) is 4.30. The van der Waals surface area contributed by atoms with Gasteiger partial charge in [0, 0.05) is 23.0 Å². The Morgan fingerprint density at radius 1 is 1.18 bits per heavy atom. The number of nitrogens with zero attached hydrogens (tertiary/aromatic N) is 3. The number of benzene rings is 2.